The van der Waals surface area contributed by atoms with E-state index in [1.807, 2.05) is 0 Å². The number of rotatable bonds is 5. The molecule has 1 heterocycles. The van der Waals surface area contributed by atoms with Gasteiger partial charge in [-0.1, -0.05) is 44.5 Å². The highest BCUT2D eigenvalue weighted by atomic mass is 16.5. The molecular weight excluding hydrogens is 288 g/mol. The fourth-order valence-electron chi connectivity index (χ4n) is 3.93. The van der Waals surface area contributed by atoms with Gasteiger partial charge in [-0.05, 0) is 34.7 Å². The molecule has 0 saturated carbocycles. The van der Waals surface area contributed by atoms with Gasteiger partial charge in [-0.25, -0.2) is 0 Å². The van der Waals surface area contributed by atoms with E-state index in [0.29, 0.717) is 18.4 Å². The van der Waals surface area contributed by atoms with E-state index in [4.69, 9.17) is 14.2 Å². The van der Waals surface area contributed by atoms with Gasteiger partial charge in [-0.3, -0.25) is 0 Å². The first-order valence-electron chi connectivity index (χ1n) is 8.40. The van der Waals surface area contributed by atoms with Gasteiger partial charge in [0.2, 0.25) is 0 Å². The fraction of sp³-hybridized carbons (Fsp3) is 0.500. The van der Waals surface area contributed by atoms with Crippen LogP contribution in [-0.4, -0.2) is 26.9 Å². The van der Waals surface area contributed by atoms with E-state index in [-0.39, 0.29) is 12.2 Å². The Morgan fingerprint density at radius 1 is 1.09 bits per heavy atom. The van der Waals surface area contributed by atoms with Crippen LogP contribution in [0.25, 0.3) is 10.8 Å². The molecule has 0 bridgehead atoms. The lowest BCUT2D eigenvalue weighted by Gasteiger charge is -2.21. The van der Waals surface area contributed by atoms with Crippen LogP contribution in [0.3, 0.4) is 0 Å². The van der Waals surface area contributed by atoms with Crippen molar-refractivity contribution in [2.24, 2.45) is 11.8 Å². The maximum absolute atomic E-state index is 6.39. The van der Waals surface area contributed by atoms with Crippen LogP contribution in [0.2, 0.25) is 0 Å². The van der Waals surface area contributed by atoms with Crippen LogP contribution in [0.15, 0.2) is 36.4 Å². The average Bonchev–Trinajstić information content (AvgIpc) is 2.89. The highest BCUT2D eigenvalue weighted by molar-refractivity contribution is 5.85. The monoisotopic (exact) mass is 314 g/mol. The molecule has 0 radical (unpaired) electrons. The average molecular weight is 314 g/mol. The van der Waals surface area contributed by atoms with Gasteiger partial charge in [0.15, 0.2) is 0 Å². The molecule has 1 aliphatic heterocycles. The lowest BCUT2D eigenvalue weighted by Crippen LogP contribution is -2.23. The highest BCUT2D eigenvalue weighted by Gasteiger charge is 2.42. The zero-order valence-corrected chi connectivity index (χ0v) is 14.4. The van der Waals surface area contributed by atoms with Gasteiger partial charge in [0.25, 0.3) is 0 Å². The summed E-state index contributed by atoms with van der Waals surface area (Å²) in [5.74, 6) is 1.86. The van der Waals surface area contributed by atoms with Crippen LogP contribution in [0.1, 0.15) is 31.9 Å². The first-order chi connectivity index (χ1) is 11.2. The summed E-state index contributed by atoms with van der Waals surface area (Å²) in [6, 6.07) is 12.7. The second kappa shape index (κ2) is 6.90. The zero-order valence-electron chi connectivity index (χ0n) is 14.4. The predicted octanol–water partition coefficient (Wildman–Crippen LogP) is 4.60. The zero-order chi connectivity index (χ0) is 16.4. The molecule has 1 aliphatic rings. The Balaban J connectivity index is 2.01. The number of methoxy groups -OCH3 is 2. The van der Waals surface area contributed by atoms with Crippen molar-refractivity contribution >= 4 is 10.8 Å². The second-order valence-electron chi connectivity index (χ2n) is 6.42. The molecule has 3 nitrogen and oxygen atoms in total. The normalized spacial score (nSPS) is 27.5. The number of hydrogen-bond acceptors (Lipinski definition) is 3. The van der Waals surface area contributed by atoms with Crippen molar-refractivity contribution in [3.8, 4) is 5.75 Å². The smallest absolute Gasteiger partial charge is 0.125 e. The number of hydrogen-bond donors (Lipinski definition) is 0. The van der Waals surface area contributed by atoms with Crippen LogP contribution >= 0.6 is 0 Å². The van der Waals surface area contributed by atoms with Crippen LogP contribution in [0, 0.1) is 11.8 Å². The topological polar surface area (TPSA) is 27.7 Å². The first-order valence-corrected chi connectivity index (χ1v) is 8.40. The van der Waals surface area contributed by atoms with E-state index in [2.05, 4.69) is 50.2 Å². The summed E-state index contributed by atoms with van der Waals surface area (Å²) in [5, 5.41) is 2.42. The molecule has 0 amide bonds. The minimum Gasteiger partial charge on any atom is -0.496 e. The molecule has 124 valence electrons. The van der Waals surface area contributed by atoms with E-state index in [9.17, 15) is 0 Å². The van der Waals surface area contributed by atoms with Gasteiger partial charge >= 0.3 is 0 Å². The Morgan fingerprint density at radius 2 is 1.78 bits per heavy atom. The lowest BCUT2D eigenvalue weighted by atomic mass is 9.84. The van der Waals surface area contributed by atoms with Crippen molar-refractivity contribution in [2.75, 3.05) is 20.8 Å². The van der Waals surface area contributed by atoms with Crippen molar-refractivity contribution in [3.05, 3.63) is 42.0 Å². The van der Waals surface area contributed by atoms with E-state index >= 15 is 0 Å². The summed E-state index contributed by atoms with van der Waals surface area (Å²) in [6.45, 7) is 5.16. The minimum absolute atomic E-state index is 0.0552. The molecule has 1 fully saturated rings. The number of fused-ring (bicyclic) bond motifs is 1. The lowest BCUT2D eigenvalue weighted by molar-refractivity contribution is -0.0169. The molecule has 3 heteroatoms. The Morgan fingerprint density at radius 3 is 2.39 bits per heavy atom. The third kappa shape index (κ3) is 2.96. The predicted molar refractivity (Wildman–Crippen MR) is 92.9 cm³/mol. The Labute approximate surface area is 138 Å². The number of ether oxygens (including phenoxy) is 3. The van der Waals surface area contributed by atoms with Gasteiger partial charge in [-0.15, -0.1) is 0 Å². The molecule has 4 atom stereocenters. The molecule has 23 heavy (non-hydrogen) atoms. The third-order valence-corrected chi connectivity index (χ3v) is 5.16. The Bertz CT molecular complexity index is 667. The van der Waals surface area contributed by atoms with Gasteiger partial charge in [0, 0.05) is 12.7 Å². The summed E-state index contributed by atoms with van der Waals surface area (Å²) in [4.78, 5) is 0. The van der Waals surface area contributed by atoms with Crippen molar-refractivity contribution in [1.82, 2.24) is 0 Å². The van der Waals surface area contributed by atoms with E-state index < -0.39 is 0 Å². The minimum atomic E-state index is 0.0552. The van der Waals surface area contributed by atoms with Crippen LogP contribution in [0.5, 0.6) is 5.75 Å². The second-order valence-corrected chi connectivity index (χ2v) is 6.42. The van der Waals surface area contributed by atoms with E-state index in [0.717, 1.165) is 17.7 Å². The van der Waals surface area contributed by atoms with Crippen molar-refractivity contribution in [2.45, 2.75) is 32.5 Å². The molecule has 2 aromatic rings. The molecule has 0 spiro atoms. The van der Waals surface area contributed by atoms with Crippen LogP contribution < -0.4 is 4.74 Å². The molecule has 0 aromatic heterocycles. The van der Waals surface area contributed by atoms with Crippen molar-refractivity contribution in [1.29, 1.82) is 0 Å². The molecule has 3 rings (SSSR count). The molecule has 2 aromatic carbocycles. The van der Waals surface area contributed by atoms with E-state index in [1.54, 1.807) is 14.2 Å². The van der Waals surface area contributed by atoms with Crippen LogP contribution in [-0.2, 0) is 9.47 Å². The number of benzene rings is 2. The van der Waals surface area contributed by atoms with Crippen molar-refractivity contribution in [3.63, 3.8) is 0 Å². The Hall–Kier alpha value is -1.58. The standard InChI is InChI=1S/C20H26O3/c1-5-16-13(2)20(23-19(16)12-21-3)17-10-14-8-6-7-9-15(14)11-18(17)22-4/h6-11,13,16,19-20H,5,12H2,1-4H3/t13?,16?,19?,20-/m1/s1. The van der Waals surface area contributed by atoms with Crippen molar-refractivity contribution < 1.29 is 14.2 Å². The van der Waals surface area contributed by atoms with Gasteiger partial charge in [0.1, 0.15) is 5.75 Å². The van der Waals surface area contributed by atoms with Crippen LogP contribution in [0.4, 0.5) is 0 Å². The summed E-state index contributed by atoms with van der Waals surface area (Å²) in [5.41, 5.74) is 1.15. The van der Waals surface area contributed by atoms with Gasteiger partial charge in [-0.2, -0.15) is 0 Å². The summed E-state index contributed by atoms with van der Waals surface area (Å²) in [7, 11) is 3.47. The highest BCUT2D eigenvalue weighted by Crippen LogP contribution is 2.47. The maximum atomic E-state index is 6.39. The quantitative estimate of drug-likeness (QED) is 0.807. The molecule has 3 unspecified atom stereocenters. The SMILES string of the molecule is CCC1C(COC)O[C@@H](c2cc3ccccc3cc2OC)C1C. The Kier molecular flexibility index (Phi) is 4.88. The summed E-state index contributed by atoms with van der Waals surface area (Å²) < 4.78 is 17.4. The molecule has 1 saturated heterocycles. The summed E-state index contributed by atoms with van der Waals surface area (Å²) >= 11 is 0. The fourth-order valence-corrected chi connectivity index (χ4v) is 3.93. The van der Waals surface area contributed by atoms with Gasteiger partial charge < -0.3 is 14.2 Å². The first kappa shape index (κ1) is 16.3. The largest absolute Gasteiger partial charge is 0.496 e. The molecule has 0 aliphatic carbocycles. The van der Waals surface area contributed by atoms with E-state index in [1.165, 1.54) is 10.8 Å². The summed E-state index contributed by atoms with van der Waals surface area (Å²) in [6.07, 6.45) is 1.31. The third-order valence-electron chi connectivity index (χ3n) is 5.16. The molecular formula is C20H26O3. The maximum Gasteiger partial charge on any atom is 0.125 e. The molecule has 0 N–H and O–H groups in total. The van der Waals surface area contributed by atoms with Gasteiger partial charge in [0.05, 0.1) is 25.9 Å².